The Morgan fingerprint density at radius 3 is 2.38 bits per heavy atom. The molecule has 0 aliphatic heterocycles. The molecule has 1 N–H and O–H groups in total. The first-order valence-electron chi connectivity index (χ1n) is 8.48. The first-order chi connectivity index (χ1) is 11.2. The topological polar surface area (TPSA) is 55.8 Å². The minimum atomic E-state index is -2.49. The Bertz CT molecular complexity index is 571. The van der Waals surface area contributed by atoms with Gasteiger partial charge in [-0.1, -0.05) is 33.8 Å². The van der Waals surface area contributed by atoms with Crippen molar-refractivity contribution in [3.05, 3.63) is 35.4 Å². The van der Waals surface area contributed by atoms with Gasteiger partial charge in [0.05, 0.1) is 13.7 Å². The number of carbonyl (C=O) groups excluding carboxylic acids is 1. The number of hydrogen-bond donors (Lipinski definition) is 1. The Balaban J connectivity index is 3.21. The van der Waals surface area contributed by atoms with Gasteiger partial charge in [0.2, 0.25) is 0 Å². The number of carbonyl (C=O) groups is 1. The van der Waals surface area contributed by atoms with Crippen LogP contribution in [0.2, 0.25) is 11.1 Å². The van der Waals surface area contributed by atoms with Crippen LogP contribution in [0, 0.1) is 0 Å². The van der Waals surface area contributed by atoms with Crippen molar-refractivity contribution in [3.63, 3.8) is 0 Å². The molecule has 24 heavy (non-hydrogen) atoms. The summed E-state index contributed by atoms with van der Waals surface area (Å²) in [5.74, 6) is 0.390. The van der Waals surface area contributed by atoms with Crippen LogP contribution in [0.3, 0.4) is 0 Å². The first-order valence-corrected chi connectivity index (χ1v) is 10.8. The Morgan fingerprint density at radius 1 is 1.25 bits per heavy atom. The maximum absolute atomic E-state index is 11.6. The van der Waals surface area contributed by atoms with Crippen LogP contribution >= 0.6 is 0 Å². The van der Waals surface area contributed by atoms with Gasteiger partial charge in [-0.15, -0.1) is 0 Å². The second kappa shape index (κ2) is 9.04. The van der Waals surface area contributed by atoms with Crippen LogP contribution in [0.25, 0.3) is 6.08 Å². The smallest absolute Gasteiger partial charge is 0.330 e. The molecule has 0 radical (unpaired) electrons. The summed E-state index contributed by atoms with van der Waals surface area (Å²) in [7, 11) is -0.862. The van der Waals surface area contributed by atoms with Gasteiger partial charge in [-0.3, -0.25) is 0 Å². The molecular weight excluding hydrogens is 320 g/mol. The summed E-state index contributed by atoms with van der Waals surface area (Å²) in [5.41, 5.74) is 2.40. The van der Waals surface area contributed by atoms with Crippen LogP contribution in [-0.4, -0.2) is 32.8 Å². The lowest BCUT2D eigenvalue weighted by Crippen LogP contribution is -2.44. The fourth-order valence-electron chi connectivity index (χ4n) is 2.75. The Morgan fingerprint density at radius 2 is 1.88 bits per heavy atom. The molecule has 0 aromatic heterocycles. The summed E-state index contributed by atoms with van der Waals surface area (Å²) in [6, 6.07) is 6.36. The molecular formula is C19H30O4Si. The summed E-state index contributed by atoms with van der Waals surface area (Å²) in [6.07, 6.45) is 3.18. The highest BCUT2D eigenvalue weighted by atomic mass is 28.4. The van der Waals surface area contributed by atoms with Gasteiger partial charge in [0.1, 0.15) is 5.75 Å². The average molecular weight is 351 g/mol. The van der Waals surface area contributed by atoms with Crippen molar-refractivity contribution >= 4 is 20.4 Å². The van der Waals surface area contributed by atoms with Gasteiger partial charge in [-0.05, 0) is 53.4 Å². The van der Waals surface area contributed by atoms with Crippen molar-refractivity contribution in [2.75, 3.05) is 13.7 Å². The second-order valence-corrected chi connectivity index (χ2v) is 11.3. The van der Waals surface area contributed by atoms with E-state index in [4.69, 9.17) is 9.47 Å². The summed E-state index contributed by atoms with van der Waals surface area (Å²) >= 11 is 0. The number of rotatable bonds is 8. The SMILES string of the molecule is CCOC(=O)/C=C/c1ccc(OC)cc1C[Si](O)(C(C)C)C(C)C. The van der Waals surface area contributed by atoms with Crippen LogP contribution < -0.4 is 4.74 Å². The van der Waals surface area contributed by atoms with Gasteiger partial charge >= 0.3 is 5.97 Å². The monoisotopic (exact) mass is 350 g/mol. The minimum absolute atomic E-state index is 0.241. The molecule has 0 saturated carbocycles. The number of hydrogen-bond acceptors (Lipinski definition) is 4. The number of ether oxygens (including phenoxy) is 2. The maximum Gasteiger partial charge on any atom is 0.330 e. The predicted molar refractivity (Wildman–Crippen MR) is 101 cm³/mol. The van der Waals surface area contributed by atoms with E-state index in [-0.39, 0.29) is 17.1 Å². The molecule has 1 rings (SSSR count). The van der Waals surface area contributed by atoms with Crippen molar-refractivity contribution in [1.29, 1.82) is 0 Å². The van der Waals surface area contributed by atoms with Gasteiger partial charge in [0, 0.05) is 6.08 Å². The summed E-state index contributed by atoms with van der Waals surface area (Å²) < 4.78 is 10.3. The van der Waals surface area contributed by atoms with Crippen molar-refractivity contribution in [2.24, 2.45) is 0 Å². The van der Waals surface area contributed by atoms with E-state index < -0.39 is 8.32 Å². The van der Waals surface area contributed by atoms with Crippen LogP contribution in [0.15, 0.2) is 24.3 Å². The van der Waals surface area contributed by atoms with Crippen LogP contribution in [0.1, 0.15) is 45.7 Å². The molecule has 0 aliphatic carbocycles. The van der Waals surface area contributed by atoms with E-state index in [1.165, 1.54) is 6.08 Å². The molecule has 0 spiro atoms. The van der Waals surface area contributed by atoms with E-state index in [1.54, 1.807) is 20.1 Å². The number of methoxy groups -OCH3 is 1. The van der Waals surface area contributed by atoms with Crippen molar-refractivity contribution in [2.45, 2.75) is 51.7 Å². The van der Waals surface area contributed by atoms with Crippen molar-refractivity contribution in [1.82, 2.24) is 0 Å². The van der Waals surface area contributed by atoms with E-state index in [0.717, 1.165) is 16.9 Å². The number of benzene rings is 1. The van der Waals surface area contributed by atoms with E-state index >= 15 is 0 Å². The third kappa shape index (κ3) is 5.21. The zero-order valence-corrected chi connectivity index (χ0v) is 16.6. The molecule has 0 aliphatic rings. The molecule has 0 saturated heterocycles. The fraction of sp³-hybridized carbons (Fsp3) is 0.526. The van der Waals surface area contributed by atoms with E-state index in [2.05, 4.69) is 27.7 Å². The van der Waals surface area contributed by atoms with Gasteiger partial charge in [0.25, 0.3) is 0 Å². The quantitative estimate of drug-likeness (QED) is 0.435. The summed E-state index contributed by atoms with van der Waals surface area (Å²) in [5, 5.41) is 0. The Labute approximate surface area is 146 Å². The van der Waals surface area contributed by atoms with Gasteiger partial charge in [-0.25, -0.2) is 4.79 Å². The second-order valence-electron chi connectivity index (χ2n) is 6.63. The predicted octanol–water partition coefficient (Wildman–Crippen LogP) is 4.11. The highest BCUT2D eigenvalue weighted by Gasteiger charge is 2.39. The molecule has 4 nitrogen and oxygen atoms in total. The molecule has 1 aromatic rings. The Hall–Kier alpha value is -1.59. The first kappa shape index (κ1) is 20.5. The number of esters is 1. The molecule has 0 amide bonds. The highest BCUT2D eigenvalue weighted by molar-refractivity contribution is 6.74. The lowest BCUT2D eigenvalue weighted by atomic mass is 10.1. The Kier molecular flexibility index (Phi) is 7.70. The molecule has 0 bridgehead atoms. The zero-order chi connectivity index (χ0) is 18.3. The van der Waals surface area contributed by atoms with Gasteiger partial charge in [-0.2, -0.15) is 0 Å². The standard InChI is InChI=1S/C19H30O4Si/c1-7-23-19(20)11-9-16-8-10-18(22-6)12-17(16)13-24(21,14(2)3)15(4)5/h8-12,14-15,21H,7,13H2,1-6H3/b11-9+. The van der Waals surface area contributed by atoms with Crippen LogP contribution in [-0.2, 0) is 15.6 Å². The molecule has 0 unspecified atom stereocenters. The molecule has 0 heterocycles. The highest BCUT2D eigenvalue weighted by Crippen LogP contribution is 2.34. The summed E-state index contributed by atoms with van der Waals surface area (Å²) in [4.78, 5) is 22.8. The molecule has 1 aromatic carbocycles. The van der Waals surface area contributed by atoms with Gasteiger partial charge in [0.15, 0.2) is 8.32 Å². The third-order valence-electron chi connectivity index (χ3n) is 4.51. The lowest BCUT2D eigenvalue weighted by molar-refractivity contribution is -0.137. The maximum atomic E-state index is 11.6. The average Bonchev–Trinajstić information content (AvgIpc) is 2.53. The minimum Gasteiger partial charge on any atom is -0.497 e. The zero-order valence-electron chi connectivity index (χ0n) is 15.6. The largest absolute Gasteiger partial charge is 0.497 e. The lowest BCUT2D eigenvalue weighted by Gasteiger charge is -2.34. The normalized spacial score (nSPS) is 12.2. The third-order valence-corrected chi connectivity index (χ3v) is 9.46. The summed E-state index contributed by atoms with van der Waals surface area (Å²) in [6.45, 7) is 10.5. The molecule has 5 heteroatoms. The van der Waals surface area contributed by atoms with Crippen molar-refractivity contribution in [3.8, 4) is 5.75 Å². The van der Waals surface area contributed by atoms with E-state index in [1.807, 2.05) is 18.2 Å². The van der Waals surface area contributed by atoms with Crippen LogP contribution in [0.5, 0.6) is 5.75 Å². The fourth-order valence-corrected chi connectivity index (χ4v) is 5.82. The molecule has 0 atom stereocenters. The van der Waals surface area contributed by atoms with Gasteiger partial charge < -0.3 is 14.3 Å². The van der Waals surface area contributed by atoms with Crippen LogP contribution in [0.4, 0.5) is 0 Å². The van der Waals surface area contributed by atoms with E-state index in [9.17, 15) is 9.59 Å². The van der Waals surface area contributed by atoms with E-state index in [0.29, 0.717) is 12.7 Å². The molecule has 0 fully saturated rings. The van der Waals surface area contributed by atoms with Crippen molar-refractivity contribution < 1.29 is 19.1 Å². The molecule has 134 valence electrons.